The van der Waals surface area contributed by atoms with Crippen molar-refractivity contribution >= 4 is 28.1 Å². The van der Waals surface area contributed by atoms with Crippen LogP contribution in [0.2, 0.25) is 0 Å². The first-order chi connectivity index (χ1) is 16.2. The molecule has 4 aromatic rings. The maximum Gasteiger partial charge on any atom is 0.124 e. The van der Waals surface area contributed by atoms with Gasteiger partial charge in [-0.05, 0) is 30.3 Å². The predicted octanol–water partition coefficient (Wildman–Crippen LogP) is 4.47. The predicted molar refractivity (Wildman–Crippen MR) is 133 cm³/mol. The maximum atomic E-state index is 5.37. The number of ether oxygens (including phenoxy) is 2. The van der Waals surface area contributed by atoms with Crippen LogP contribution in [0.4, 0.5) is 17.1 Å². The highest BCUT2D eigenvalue weighted by molar-refractivity contribution is 5.82. The first-order valence-corrected chi connectivity index (χ1v) is 11.0. The van der Waals surface area contributed by atoms with Crippen molar-refractivity contribution in [2.75, 3.05) is 50.6 Å². The third-order valence-corrected chi connectivity index (χ3v) is 5.81. The number of benzene rings is 3. The Hall–Kier alpha value is -3.84. The van der Waals surface area contributed by atoms with Crippen LogP contribution in [0.3, 0.4) is 0 Å². The summed E-state index contributed by atoms with van der Waals surface area (Å²) in [6, 6.07) is 20.2. The van der Waals surface area contributed by atoms with Crippen LogP contribution in [0, 0.1) is 0 Å². The van der Waals surface area contributed by atoms with Crippen molar-refractivity contribution in [3.8, 4) is 22.8 Å². The fourth-order valence-electron chi connectivity index (χ4n) is 4.06. The Labute approximate surface area is 193 Å². The SMILES string of the molecule is COc1cc(Nc2ccc3ncc(-c4cccc(N5CCNCC5)c4)nc3c2)cc(OC)c1. The molecule has 168 valence electrons. The quantitative estimate of drug-likeness (QED) is 0.457. The van der Waals surface area contributed by atoms with E-state index in [1.54, 1.807) is 14.2 Å². The normalized spacial score (nSPS) is 13.7. The minimum Gasteiger partial charge on any atom is -0.497 e. The third kappa shape index (κ3) is 4.68. The van der Waals surface area contributed by atoms with Crippen LogP contribution in [0.25, 0.3) is 22.3 Å². The van der Waals surface area contributed by atoms with Crippen LogP contribution >= 0.6 is 0 Å². The lowest BCUT2D eigenvalue weighted by molar-refractivity contribution is 0.395. The van der Waals surface area contributed by atoms with E-state index in [0.29, 0.717) is 0 Å². The highest BCUT2D eigenvalue weighted by Gasteiger charge is 2.12. The molecule has 0 unspecified atom stereocenters. The van der Waals surface area contributed by atoms with Gasteiger partial charge in [0, 0.05) is 67.0 Å². The molecule has 7 heteroatoms. The molecule has 33 heavy (non-hydrogen) atoms. The molecule has 0 bridgehead atoms. The van der Waals surface area contributed by atoms with Crippen LogP contribution in [-0.2, 0) is 0 Å². The van der Waals surface area contributed by atoms with E-state index in [1.807, 2.05) is 42.6 Å². The second kappa shape index (κ2) is 9.34. The lowest BCUT2D eigenvalue weighted by atomic mass is 10.1. The van der Waals surface area contributed by atoms with E-state index in [1.165, 1.54) is 5.69 Å². The summed E-state index contributed by atoms with van der Waals surface area (Å²) in [5, 5.41) is 6.82. The smallest absolute Gasteiger partial charge is 0.124 e. The van der Waals surface area contributed by atoms with Crippen molar-refractivity contribution in [1.82, 2.24) is 15.3 Å². The lowest BCUT2D eigenvalue weighted by Gasteiger charge is -2.29. The van der Waals surface area contributed by atoms with E-state index in [9.17, 15) is 0 Å². The molecule has 1 fully saturated rings. The Morgan fingerprint density at radius 1 is 0.848 bits per heavy atom. The summed E-state index contributed by atoms with van der Waals surface area (Å²) in [6.07, 6.45) is 1.85. The second-order valence-corrected chi connectivity index (χ2v) is 7.97. The maximum absolute atomic E-state index is 5.37. The van der Waals surface area contributed by atoms with Crippen LogP contribution in [-0.4, -0.2) is 50.4 Å². The summed E-state index contributed by atoms with van der Waals surface area (Å²) < 4.78 is 10.7. The molecule has 0 amide bonds. The molecule has 2 heterocycles. The van der Waals surface area contributed by atoms with Crippen molar-refractivity contribution in [2.24, 2.45) is 0 Å². The summed E-state index contributed by atoms with van der Waals surface area (Å²) in [6.45, 7) is 4.04. The van der Waals surface area contributed by atoms with E-state index in [0.717, 1.165) is 71.3 Å². The third-order valence-electron chi connectivity index (χ3n) is 5.81. The van der Waals surface area contributed by atoms with E-state index >= 15 is 0 Å². The number of fused-ring (bicyclic) bond motifs is 1. The van der Waals surface area contributed by atoms with Gasteiger partial charge in [-0.15, -0.1) is 0 Å². The number of hydrogen-bond acceptors (Lipinski definition) is 7. The molecule has 0 atom stereocenters. The first kappa shape index (κ1) is 21.0. The average molecular weight is 442 g/mol. The minimum atomic E-state index is 0.726. The summed E-state index contributed by atoms with van der Waals surface area (Å²) in [4.78, 5) is 12.0. The Morgan fingerprint density at radius 3 is 2.39 bits per heavy atom. The molecule has 0 spiro atoms. The molecule has 2 N–H and O–H groups in total. The number of anilines is 3. The Morgan fingerprint density at radius 2 is 1.64 bits per heavy atom. The van der Waals surface area contributed by atoms with E-state index in [-0.39, 0.29) is 0 Å². The summed E-state index contributed by atoms with van der Waals surface area (Å²) in [5.41, 5.74) is 6.62. The molecule has 0 aliphatic carbocycles. The van der Waals surface area contributed by atoms with Crippen LogP contribution in [0.1, 0.15) is 0 Å². The highest BCUT2D eigenvalue weighted by atomic mass is 16.5. The van der Waals surface area contributed by atoms with Gasteiger partial charge in [0.15, 0.2) is 0 Å². The number of nitrogens with one attached hydrogen (secondary N) is 2. The molecule has 7 nitrogen and oxygen atoms in total. The Bertz CT molecular complexity index is 1250. The van der Waals surface area contributed by atoms with E-state index in [2.05, 4.69) is 44.8 Å². The fourth-order valence-corrected chi connectivity index (χ4v) is 4.06. The van der Waals surface area contributed by atoms with Gasteiger partial charge in [0.25, 0.3) is 0 Å². The average Bonchev–Trinajstić information content (AvgIpc) is 2.88. The number of rotatable bonds is 6. The first-order valence-electron chi connectivity index (χ1n) is 11.0. The molecular weight excluding hydrogens is 414 g/mol. The van der Waals surface area contributed by atoms with Gasteiger partial charge in [0.05, 0.1) is 37.1 Å². The van der Waals surface area contributed by atoms with E-state index < -0.39 is 0 Å². The van der Waals surface area contributed by atoms with Gasteiger partial charge in [-0.1, -0.05) is 12.1 Å². The summed E-state index contributed by atoms with van der Waals surface area (Å²) >= 11 is 0. The molecule has 1 saturated heterocycles. The molecule has 5 rings (SSSR count). The van der Waals surface area contributed by atoms with Gasteiger partial charge in [-0.2, -0.15) is 0 Å². The van der Waals surface area contributed by atoms with Crippen molar-refractivity contribution in [1.29, 1.82) is 0 Å². The minimum absolute atomic E-state index is 0.726. The zero-order valence-electron chi connectivity index (χ0n) is 18.8. The monoisotopic (exact) mass is 441 g/mol. The van der Waals surface area contributed by atoms with Crippen LogP contribution in [0.5, 0.6) is 11.5 Å². The fraction of sp³-hybridized carbons (Fsp3) is 0.231. The topological polar surface area (TPSA) is 71.5 Å². The number of nitrogens with zero attached hydrogens (tertiary/aromatic N) is 3. The number of methoxy groups -OCH3 is 2. The largest absolute Gasteiger partial charge is 0.497 e. The highest BCUT2D eigenvalue weighted by Crippen LogP contribution is 2.30. The summed E-state index contributed by atoms with van der Waals surface area (Å²) in [5.74, 6) is 1.45. The molecule has 1 aromatic heterocycles. The number of piperazine rings is 1. The molecule has 0 radical (unpaired) electrons. The van der Waals surface area contributed by atoms with Gasteiger partial charge in [0.2, 0.25) is 0 Å². The van der Waals surface area contributed by atoms with Crippen molar-refractivity contribution < 1.29 is 9.47 Å². The lowest BCUT2D eigenvalue weighted by Crippen LogP contribution is -2.43. The Kier molecular flexibility index (Phi) is 5.95. The van der Waals surface area contributed by atoms with Gasteiger partial charge in [-0.25, -0.2) is 4.98 Å². The molecule has 1 aliphatic heterocycles. The van der Waals surface area contributed by atoms with Crippen molar-refractivity contribution in [2.45, 2.75) is 0 Å². The standard InChI is InChI=1S/C26H27N5O2/c1-32-22-13-20(14-23(16-22)33-2)29-19-6-7-24-25(15-19)30-26(17-28-24)18-4-3-5-21(12-18)31-10-8-27-9-11-31/h3-7,12-17,27,29H,8-11H2,1-2H3. The molecule has 3 aromatic carbocycles. The number of hydrogen-bond donors (Lipinski definition) is 2. The molecular formula is C26H27N5O2. The molecule has 1 aliphatic rings. The van der Waals surface area contributed by atoms with E-state index in [4.69, 9.17) is 14.5 Å². The van der Waals surface area contributed by atoms with Crippen molar-refractivity contribution in [3.05, 3.63) is 66.9 Å². The van der Waals surface area contributed by atoms with Crippen molar-refractivity contribution in [3.63, 3.8) is 0 Å². The Balaban J connectivity index is 1.44. The van der Waals surface area contributed by atoms with Gasteiger partial charge < -0.3 is 25.0 Å². The van der Waals surface area contributed by atoms with Gasteiger partial charge in [-0.3, -0.25) is 4.98 Å². The van der Waals surface area contributed by atoms with Crippen LogP contribution in [0.15, 0.2) is 66.9 Å². The zero-order chi connectivity index (χ0) is 22.6. The van der Waals surface area contributed by atoms with Gasteiger partial charge >= 0.3 is 0 Å². The number of aromatic nitrogens is 2. The second-order valence-electron chi connectivity index (χ2n) is 7.97. The van der Waals surface area contributed by atoms with Gasteiger partial charge in [0.1, 0.15) is 11.5 Å². The van der Waals surface area contributed by atoms with Crippen LogP contribution < -0.4 is 25.0 Å². The zero-order valence-corrected chi connectivity index (χ0v) is 18.8. The molecule has 0 saturated carbocycles. The summed E-state index contributed by atoms with van der Waals surface area (Å²) in [7, 11) is 3.28.